The summed E-state index contributed by atoms with van der Waals surface area (Å²) in [5, 5.41) is 0. The summed E-state index contributed by atoms with van der Waals surface area (Å²) < 4.78 is 5.78. The van der Waals surface area contributed by atoms with Crippen LogP contribution in [0.2, 0.25) is 0 Å². The van der Waals surface area contributed by atoms with Crippen molar-refractivity contribution < 1.29 is 14.3 Å². The minimum absolute atomic E-state index is 0.178. The molecule has 2 heterocycles. The number of nitrogens with zero attached hydrogens (tertiary/aromatic N) is 2. The van der Waals surface area contributed by atoms with E-state index in [1.54, 1.807) is 4.90 Å². The van der Waals surface area contributed by atoms with Gasteiger partial charge < -0.3 is 14.5 Å². The zero-order valence-corrected chi connectivity index (χ0v) is 12.5. The minimum atomic E-state index is -0.239. The summed E-state index contributed by atoms with van der Waals surface area (Å²) in [7, 11) is 0. The number of hydrogen-bond acceptors (Lipinski definition) is 3. The van der Waals surface area contributed by atoms with E-state index < -0.39 is 0 Å². The molecule has 5 heteroatoms. The Bertz CT molecular complexity index is 346. The Morgan fingerprint density at radius 2 is 1.60 bits per heavy atom. The molecule has 20 heavy (non-hydrogen) atoms. The van der Waals surface area contributed by atoms with Gasteiger partial charge in [-0.1, -0.05) is 12.8 Å². The van der Waals surface area contributed by atoms with Gasteiger partial charge in [0.25, 0.3) is 0 Å². The van der Waals surface area contributed by atoms with E-state index in [0.717, 1.165) is 51.6 Å². The van der Waals surface area contributed by atoms with Crippen molar-refractivity contribution in [1.82, 2.24) is 9.80 Å². The van der Waals surface area contributed by atoms with Gasteiger partial charge in [0.2, 0.25) is 11.8 Å². The molecule has 0 radical (unpaired) electrons. The number of rotatable bonds is 4. The van der Waals surface area contributed by atoms with Gasteiger partial charge >= 0.3 is 0 Å². The third kappa shape index (κ3) is 4.20. The summed E-state index contributed by atoms with van der Waals surface area (Å²) in [5.74, 6) is 0.356. The molecule has 0 N–H and O–H groups in total. The number of amides is 2. The molecular weight excluding hydrogens is 256 g/mol. The maximum atomic E-state index is 12.0. The van der Waals surface area contributed by atoms with Crippen molar-refractivity contribution in [3.8, 4) is 0 Å². The van der Waals surface area contributed by atoms with E-state index in [1.807, 2.05) is 11.8 Å². The Balaban J connectivity index is 1.82. The van der Waals surface area contributed by atoms with Gasteiger partial charge in [0.1, 0.15) is 13.0 Å². The Hall–Kier alpha value is -1.10. The van der Waals surface area contributed by atoms with Crippen molar-refractivity contribution in [2.75, 3.05) is 19.8 Å². The summed E-state index contributed by atoms with van der Waals surface area (Å²) in [4.78, 5) is 27.5. The van der Waals surface area contributed by atoms with Crippen molar-refractivity contribution in [1.29, 1.82) is 0 Å². The van der Waals surface area contributed by atoms with Crippen molar-refractivity contribution in [3.05, 3.63) is 0 Å². The first-order chi connectivity index (χ1) is 9.68. The van der Waals surface area contributed by atoms with Gasteiger partial charge in [-0.15, -0.1) is 0 Å². The van der Waals surface area contributed by atoms with Crippen LogP contribution < -0.4 is 0 Å². The fourth-order valence-electron chi connectivity index (χ4n) is 2.85. The average molecular weight is 282 g/mol. The zero-order valence-electron chi connectivity index (χ0n) is 12.5. The Morgan fingerprint density at radius 3 is 2.35 bits per heavy atom. The van der Waals surface area contributed by atoms with Crippen molar-refractivity contribution >= 4 is 11.8 Å². The van der Waals surface area contributed by atoms with Gasteiger partial charge in [0.05, 0.1) is 0 Å². The molecule has 114 valence electrons. The highest BCUT2D eigenvalue weighted by atomic mass is 16.5. The standard InChI is InChI=1S/C15H26N2O3/c1-13(17-11-7-3-5-9-15(17)19)20-12-16-10-6-2-4-8-14(16)18/h13H,2-12H2,1H3. The monoisotopic (exact) mass is 282 g/mol. The Labute approximate surface area is 121 Å². The van der Waals surface area contributed by atoms with E-state index in [1.165, 1.54) is 0 Å². The third-order valence-electron chi connectivity index (χ3n) is 4.19. The molecule has 2 saturated heterocycles. The van der Waals surface area contributed by atoms with E-state index in [9.17, 15) is 9.59 Å². The predicted octanol–water partition coefficient (Wildman–Crippen LogP) is 2.11. The maximum absolute atomic E-state index is 12.0. The van der Waals surface area contributed by atoms with E-state index in [2.05, 4.69) is 0 Å². The summed E-state index contributed by atoms with van der Waals surface area (Å²) in [5.41, 5.74) is 0. The minimum Gasteiger partial charge on any atom is -0.338 e. The lowest BCUT2D eigenvalue weighted by molar-refractivity contribution is -0.154. The highest BCUT2D eigenvalue weighted by Crippen LogP contribution is 2.16. The summed E-state index contributed by atoms with van der Waals surface area (Å²) in [6.45, 7) is 3.77. The van der Waals surface area contributed by atoms with Gasteiger partial charge in [0.15, 0.2) is 0 Å². The van der Waals surface area contributed by atoms with Crippen LogP contribution in [0.25, 0.3) is 0 Å². The normalized spacial score (nSPS) is 23.4. The smallest absolute Gasteiger partial charge is 0.224 e. The molecule has 2 aliphatic heterocycles. The van der Waals surface area contributed by atoms with Crippen LogP contribution in [0.15, 0.2) is 0 Å². The Kier molecular flexibility index (Phi) is 5.83. The lowest BCUT2D eigenvalue weighted by Gasteiger charge is -2.30. The molecule has 2 rings (SSSR count). The molecule has 2 aliphatic rings. The van der Waals surface area contributed by atoms with Crippen LogP contribution in [-0.2, 0) is 14.3 Å². The predicted molar refractivity (Wildman–Crippen MR) is 75.8 cm³/mol. The van der Waals surface area contributed by atoms with Crippen LogP contribution in [0.3, 0.4) is 0 Å². The molecular formula is C15H26N2O3. The molecule has 2 amide bonds. The van der Waals surface area contributed by atoms with Gasteiger partial charge in [0, 0.05) is 25.9 Å². The topological polar surface area (TPSA) is 49.9 Å². The van der Waals surface area contributed by atoms with Crippen molar-refractivity contribution in [2.45, 2.75) is 64.5 Å². The van der Waals surface area contributed by atoms with Gasteiger partial charge in [-0.2, -0.15) is 0 Å². The molecule has 1 atom stereocenters. The molecule has 0 aromatic carbocycles. The van der Waals surface area contributed by atoms with Gasteiger partial charge in [-0.05, 0) is 32.6 Å². The summed E-state index contributed by atoms with van der Waals surface area (Å²) in [6.07, 6.45) is 7.28. The molecule has 0 aliphatic carbocycles. The largest absolute Gasteiger partial charge is 0.338 e. The fraction of sp³-hybridized carbons (Fsp3) is 0.867. The van der Waals surface area contributed by atoms with Crippen LogP contribution in [0, 0.1) is 0 Å². The number of carbonyl (C=O) groups is 2. The molecule has 0 aromatic rings. The van der Waals surface area contributed by atoms with Crippen LogP contribution in [-0.4, -0.2) is 47.7 Å². The molecule has 0 aromatic heterocycles. The second kappa shape index (κ2) is 7.62. The summed E-state index contributed by atoms with van der Waals surface area (Å²) in [6, 6.07) is 0. The molecule has 1 unspecified atom stereocenters. The lowest BCUT2D eigenvalue weighted by Crippen LogP contribution is -2.43. The molecule has 0 bridgehead atoms. The lowest BCUT2D eigenvalue weighted by atomic mass is 10.2. The SMILES string of the molecule is CC(OCN1CCCCCC1=O)N1CCCCCC1=O. The number of ether oxygens (including phenoxy) is 1. The van der Waals surface area contributed by atoms with Gasteiger partial charge in [-0.3, -0.25) is 9.59 Å². The van der Waals surface area contributed by atoms with Gasteiger partial charge in [-0.25, -0.2) is 0 Å². The number of carbonyl (C=O) groups excluding carboxylic acids is 2. The van der Waals surface area contributed by atoms with E-state index in [0.29, 0.717) is 19.6 Å². The van der Waals surface area contributed by atoms with E-state index in [-0.39, 0.29) is 18.0 Å². The van der Waals surface area contributed by atoms with Crippen molar-refractivity contribution in [2.24, 2.45) is 0 Å². The fourth-order valence-corrected chi connectivity index (χ4v) is 2.85. The first-order valence-electron chi connectivity index (χ1n) is 7.87. The van der Waals surface area contributed by atoms with Crippen LogP contribution >= 0.6 is 0 Å². The van der Waals surface area contributed by atoms with E-state index in [4.69, 9.17) is 4.74 Å². The quantitative estimate of drug-likeness (QED) is 0.793. The highest BCUT2D eigenvalue weighted by molar-refractivity contribution is 5.77. The summed E-state index contributed by atoms with van der Waals surface area (Å²) >= 11 is 0. The van der Waals surface area contributed by atoms with Crippen LogP contribution in [0.4, 0.5) is 0 Å². The third-order valence-corrected chi connectivity index (χ3v) is 4.19. The maximum Gasteiger partial charge on any atom is 0.224 e. The average Bonchev–Trinajstić information content (AvgIpc) is 2.77. The van der Waals surface area contributed by atoms with Crippen LogP contribution in [0.1, 0.15) is 58.3 Å². The second-order valence-corrected chi connectivity index (χ2v) is 5.76. The van der Waals surface area contributed by atoms with Crippen LogP contribution in [0.5, 0.6) is 0 Å². The van der Waals surface area contributed by atoms with E-state index >= 15 is 0 Å². The van der Waals surface area contributed by atoms with Crippen molar-refractivity contribution in [3.63, 3.8) is 0 Å². The molecule has 5 nitrogen and oxygen atoms in total. The Morgan fingerprint density at radius 1 is 0.950 bits per heavy atom. The molecule has 0 saturated carbocycles. The zero-order chi connectivity index (χ0) is 14.4. The second-order valence-electron chi connectivity index (χ2n) is 5.76. The molecule has 2 fully saturated rings. The number of likely N-dealkylation sites (tertiary alicyclic amines) is 2. The number of hydrogen-bond donors (Lipinski definition) is 0. The first kappa shape index (κ1) is 15.3. The highest BCUT2D eigenvalue weighted by Gasteiger charge is 2.24. The first-order valence-corrected chi connectivity index (χ1v) is 7.87. The molecule has 0 spiro atoms.